The van der Waals surface area contributed by atoms with E-state index in [-0.39, 0.29) is 18.1 Å². The van der Waals surface area contributed by atoms with Crippen LogP contribution in [0.25, 0.3) is 0 Å². The van der Waals surface area contributed by atoms with E-state index in [1.807, 2.05) is 6.92 Å². The summed E-state index contributed by atoms with van der Waals surface area (Å²) in [4.78, 5) is 11.8. The van der Waals surface area contributed by atoms with E-state index in [1.54, 1.807) is 24.4 Å². The van der Waals surface area contributed by atoms with Crippen molar-refractivity contribution in [2.24, 2.45) is 0 Å². The van der Waals surface area contributed by atoms with Gasteiger partial charge in [-0.1, -0.05) is 0 Å². The van der Waals surface area contributed by atoms with Crippen LogP contribution < -0.4 is 5.32 Å². The number of phenolic OH excluding ortho intramolecular Hbond substituents is 1. The molecule has 0 radical (unpaired) electrons. The molecular formula is C12H12BrN3O2. The smallest absolute Gasteiger partial charge is 0.230 e. The van der Waals surface area contributed by atoms with Crippen molar-refractivity contribution in [1.29, 1.82) is 0 Å². The predicted octanol–water partition coefficient (Wildman–Crippen LogP) is 2.37. The monoisotopic (exact) mass is 309 g/mol. The third-order valence-electron chi connectivity index (χ3n) is 2.39. The van der Waals surface area contributed by atoms with Crippen molar-refractivity contribution in [2.75, 3.05) is 5.32 Å². The number of aryl methyl sites for hydroxylation is 1. The van der Waals surface area contributed by atoms with Crippen molar-refractivity contribution in [2.45, 2.75) is 13.3 Å². The molecule has 6 heteroatoms. The zero-order valence-electron chi connectivity index (χ0n) is 9.70. The Hall–Kier alpha value is -1.82. The second-order valence-electron chi connectivity index (χ2n) is 3.95. The molecule has 0 aliphatic rings. The Bertz CT molecular complexity index is 567. The zero-order valence-corrected chi connectivity index (χ0v) is 11.3. The van der Waals surface area contributed by atoms with Crippen LogP contribution in [-0.4, -0.2) is 21.2 Å². The summed E-state index contributed by atoms with van der Waals surface area (Å²) in [6.07, 6.45) is 1.77. The summed E-state index contributed by atoms with van der Waals surface area (Å²) in [5, 5.41) is 19.0. The van der Waals surface area contributed by atoms with Gasteiger partial charge in [-0.05, 0) is 46.6 Å². The largest absolute Gasteiger partial charge is 0.505 e. The van der Waals surface area contributed by atoms with Crippen LogP contribution in [0.4, 0.5) is 5.69 Å². The van der Waals surface area contributed by atoms with Gasteiger partial charge in [-0.15, -0.1) is 0 Å². The van der Waals surface area contributed by atoms with Crippen molar-refractivity contribution >= 4 is 27.5 Å². The highest BCUT2D eigenvalue weighted by atomic mass is 79.9. The summed E-state index contributed by atoms with van der Waals surface area (Å²) in [7, 11) is 0. The number of hydrogen-bond acceptors (Lipinski definition) is 3. The lowest BCUT2D eigenvalue weighted by Crippen LogP contribution is -2.15. The summed E-state index contributed by atoms with van der Waals surface area (Å²) in [6, 6.07) is 5.22. The number of carbonyl (C=O) groups excluding carboxylic acids is 1. The molecule has 0 bridgehead atoms. The quantitative estimate of drug-likeness (QED) is 0.762. The van der Waals surface area contributed by atoms with Crippen LogP contribution in [0.15, 0.2) is 28.9 Å². The minimum atomic E-state index is -0.216. The fourth-order valence-corrected chi connectivity index (χ4v) is 2.16. The number of benzene rings is 1. The number of carbonyl (C=O) groups is 1. The number of nitrogens with one attached hydrogen (secondary N) is 2. The number of aromatic amines is 1. The second kappa shape index (κ2) is 5.22. The molecule has 1 aromatic heterocycles. The highest BCUT2D eigenvalue weighted by Gasteiger charge is 2.11. The van der Waals surface area contributed by atoms with Crippen molar-refractivity contribution < 1.29 is 9.90 Å². The van der Waals surface area contributed by atoms with Crippen LogP contribution in [-0.2, 0) is 11.2 Å². The van der Waals surface area contributed by atoms with Gasteiger partial charge in [0.25, 0.3) is 0 Å². The van der Waals surface area contributed by atoms with Gasteiger partial charge in [0.2, 0.25) is 5.91 Å². The molecule has 94 valence electrons. The molecule has 0 saturated carbocycles. The van der Waals surface area contributed by atoms with Gasteiger partial charge in [-0.25, -0.2) is 0 Å². The standard InChI is InChI=1S/C12H12BrN3O2/c1-7-4-9(13)12(18)10(5-7)15-11(17)6-8-2-3-14-16-8/h2-5,18H,6H2,1H3,(H,14,16)(H,15,17). The molecule has 18 heavy (non-hydrogen) atoms. The molecule has 0 aliphatic heterocycles. The van der Waals surface area contributed by atoms with Crippen LogP contribution in [0.5, 0.6) is 5.75 Å². The van der Waals surface area contributed by atoms with E-state index < -0.39 is 0 Å². The minimum Gasteiger partial charge on any atom is -0.505 e. The summed E-state index contributed by atoms with van der Waals surface area (Å²) < 4.78 is 0.555. The summed E-state index contributed by atoms with van der Waals surface area (Å²) in [5.74, 6) is -0.189. The molecule has 0 atom stereocenters. The molecule has 5 nitrogen and oxygen atoms in total. The number of rotatable bonds is 3. The number of aromatic nitrogens is 2. The first-order valence-electron chi connectivity index (χ1n) is 5.33. The molecule has 0 saturated heterocycles. The van der Waals surface area contributed by atoms with Crippen molar-refractivity contribution in [3.8, 4) is 5.75 Å². The zero-order chi connectivity index (χ0) is 13.1. The molecule has 1 amide bonds. The first kappa shape index (κ1) is 12.6. The number of phenols is 1. The second-order valence-corrected chi connectivity index (χ2v) is 4.80. The fraction of sp³-hybridized carbons (Fsp3) is 0.167. The SMILES string of the molecule is Cc1cc(Br)c(O)c(NC(=O)Cc2ccn[nH]2)c1. The molecule has 0 aliphatic carbocycles. The average molecular weight is 310 g/mol. The van der Waals surface area contributed by atoms with Gasteiger partial charge in [-0.2, -0.15) is 5.10 Å². The third-order valence-corrected chi connectivity index (χ3v) is 3.00. The van der Waals surface area contributed by atoms with Crippen LogP contribution >= 0.6 is 15.9 Å². The van der Waals surface area contributed by atoms with E-state index in [2.05, 4.69) is 31.4 Å². The maximum absolute atomic E-state index is 11.8. The van der Waals surface area contributed by atoms with Gasteiger partial charge < -0.3 is 10.4 Å². The Morgan fingerprint density at radius 2 is 2.33 bits per heavy atom. The molecular weight excluding hydrogens is 298 g/mol. The van der Waals surface area contributed by atoms with Crippen LogP contribution in [0, 0.1) is 6.92 Å². The fourth-order valence-electron chi connectivity index (χ4n) is 1.58. The van der Waals surface area contributed by atoms with Crippen LogP contribution in [0.3, 0.4) is 0 Å². The normalized spacial score (nSPS) is 10.3. The molecule has 1 heterocycles. The van der Waals surface area contributed by atoms with Gasteiger partial charge in [0, 0.05) is 11.9 Å². The number of aromatic hydroxyl groups is 1. The highest BCUT2D eigenvalue weighted by Crippen LogP contribution is 2.33. The number of H-pyrrole nitrogens is 1. The first-order valence-corrected chi connectivity index (χ1v) is 6.13. The van der Waals surface area contributed by atoms with Gasteiger partial charge in [0.1, 0.15) is 0 Å². The Morgan fingerprint density at radius 1 is 1.56 bits per heavy atom. The van der Waals surface area contributed by atoms with Crippen LogP contribution in [0.2, 0.25) is 0 Å². The Balaban J connectivity index is 2.12. The molecule has 2 aromatic rings. The van der Waals surface area contributed by atoms with E-state index in [1.165, 1.54) is 0 Å². The summed E-state index contributed by atoms with van der Waals surface area (Å²) in [5.41, 5.74) is 2.06. The minimum absolute atomic E-state index is 0.0264. The third kappa shape index (κ3) is 2.89. The number of nitrogens with zero attached hydrogens (tertiary/aromatic N) is 1. The number of anilines is 1. The topological polar surface area (TPSA) is 78.0 Å². The highest BCUT2D eigenvalue weighted by molar-refractivity contribution is 9.10. The van der Waals surface area contributed by atoms with Gasteiger partial charge in [-0.3, -0.25) is 9.89 Å². The van der Waals surface area contributed by atoms with E-state index >= 15 is 0 Å². The lowest BCUT2D eigenvalue weighted by atomic mass is 10.2. The predicted molar refractivity (Wildman–Crippen MR) is 71.5 cm³/mol. The van der Waals surface area contributed by atoms with E-state index in [0.717, 1.165) is 11.3 Å². The Labute approximate surface area is 112 Å². The number of halogens is 1. The lowest BCUT2D eigenvalue weighted by Gasteiger charge is -2.09. The summed E-state index contributed by atoms with van der Waals surface area (Å²) >= 11 is 3.23. The molecule has 3 N–H and O–H groups in total. The van der Waals surface area contributed by atoms with E-state index in [4.69, 9.17) is 0 Å². The van der Waals surface area contributed by atoms with Gasteiger partial charge in [0.15, 0.2) is 5.75 Å². The molecule has 0 unspecified atom stereocenters. The Morgan fingerprint density at radius 3 is 3.00 bits per heavy atom. The Kier molecular flexibility index (Phi) is 3.66. The lowest BCUT2D eigenvalue weighted by molar-refractivity contribution is -0.115. The van der Waals surface area contributed by atoms with Gasteiger partial charge in [0.05, 0.1) is 16.6 Å². The van der Waals surface area contributed by atoms with Gasteiger partial charge >= 0.3 is 0 Å². The maximum Gasteiger partial charge on any atom is 0.230 e. The summed E-state index contributed by atoms with van der Waals surface area (Å²) in [6.45, 7) is 1.88. The van der Waals surface area contributed by atoms with E-state index in [0.29, 0.717) is 10.2 Å². The molecule has 2 rings (SSSR count). The van der Waals surface area contributed by atoms with E-state index in [9.17, 15) is 9.90 Å². The molecule has 0 spiro atoms. The maximum atomic E-state index is 11.8. The van der Waals surface area contributed by atoms with Crippen molar-refractivity contribution in [3.63, 3.8) is 0 Å². The molecule has 0 fully saturated rings. The first-order chi connectivity index (χ1) is 8.56. The molecule has 1 aromatic carbocycles. The van der Waals surface area contributed by atoms with Crippen molar-refractivity contribution in [3.05, 3.63) is 40.1 Å². The van der Waals surface area contributed by atoms with Crippen molar-refractivity contribution in [1.82, 2.24) is 10.2 Å². The average Bonchev–Trinajstić information content (AvgIpc) is 2.77. The number of hydrogen-bond donors (Lipinski definition) is 3. The number of amides is 1. The van der Waals surface area contributed by atoms with Crippen LogP contribution in [0.1, 0.15) is 11.3 Å².